The van der Waals surface area contributed by atoms with Crippen LogP contribution >= 0.6 is 0 Å². The molecule has 2 amide bonds. The third kappa shape index (κ3) is 3.01. The number of hydrogen-bond donors (Lipinski definition) is 0. The Balaban J connectivity index is 1.96. The maximum atomic E-state index is 13.3. The number of fused-ring (bicyclic) bond motifs is 1. The largest absolute Gasteiger partial charge is 0.278 e. The summed E-state index contributed by atoms with van der Waals surface area (Å²) in [6, 6.07) is 7.75. The Morgan fingerprint density at radius 1 is 1.12 bits per heavy atom. The van der Waals surface area contributed by atoms with E-state index in [1.165, 1.54) is 37.0 Å². The quantitative estimate of drug-likeness (QED) is 0.735. The molecule has 0 bridgehead atoms. The lowest BCUT2D eigenvalue weighted by atomic mass is 9.68. The van der Waals surface area contributed by atoms with E-state index in [4.69, 9.17) is 0 Å². The highest BCUT2D eigenvalue weighted by Crippen LogP contribution is 2.42. The Bertz CT molecular complexity index is 618. The highest BCUT2D eigenvalue weighted by atomic mass is 16.2. The molecule has 0 N–H and O–H groups in total. The predicted octanol–water partition coefficient (Wildman–Crippen LogP) is 4.70. The van der Waals surface area contributed by atoms with Gasteiger partial charge in [-0.25, -0.2) is 0 Å². The van der Waals surface area contributed by atoms with Crippen molar-refractivity contribution in [3.63, 3.8) is 0 Å². The van der Waals surface area contributed by atoms with E-state index in [2.05, 4.69) is 13.8 Å². The lowest BCUT2D eigenvalue weighted by Gasteiger charge is -2.42. The molecule has 3 heteroatoms. The van der Waals surface area contributed by atoms with E-state index in [0.717, 1.165) is 30.4 Å². The van der Waals surface area contributed by atoms with Gasteiger partial charge < -0.3 is 0 Å². The molecule has 3 nitrogen and oxygen atoms in total. The molecular weight excluding hydrogens is 298 g/mol. The average molecular weight is 327 g/mol. The Morgan fingerprint density at radius 2 is 1.83 bits per heavy atom. The molecule has 24 heavy (non-hydrogen) atoms. The van der Waals surface area contributed by atoms with Crippen LogP contribution < -0.4 is 0 Å². The van der Waals surface area contributed by atoms with Crippen molar-refractivity contribution in [2.24, 2.45) is 5.92 Å². The minimum absolute atomic E-state index is 0.0187. The second-order valence-corrected chi connectivity index (χ2v) is 7.70. The molecule has 1 aliphatic carbocycles. The van der Waals surface area contributed by atoms with Crippen molar-refractivity contribution in [1.29, 1.82) is 0 Å². The number of amides is 2. The lowest BCUT2D eigenvalue weighted by molar-refractivity contribution is -0.135. The van der Waals surface area contributed by atoms with E-state index < -0.39 is 5.41 Å². The van der Waals surface area contributed by atoms with Gasteiger partial charge in [0, 0.05) is 12.1 Å². The number of nitrogens with zero attached hydrogens (tertiary/aromatic N) is 1. The first-order chi connectivity index (χ1) is 11.6. The second-order valence-electron chi connectivity index (χ2n) is 7.70. The number of unbranched alkanes of at least 4 members (excludes halogenated alkanes) is 1. The van der Waals surface area contributed by atoms with Crippen LogP contribution in [-0.2, 0) is 10.2 Å². The summed E-state index contributed by atoms with van der Waals surface area (Å²) >= 11 is 0. The van der Waals surface area contributed by atoms with Gasteiger partial charge in [-0.1, -0.05) is 63.6 Å². The van der Waals surface area contributed by atoms with Crippen molar-refractivity contribution < 1.29 is 9.59 Å². The molecule has 2 aliphatic rings. The minimum atomic E-state index is -0.555. The first-order valence-corrected chi connectivity index (χ1v) is 9.53. The van der Waals surface area contributed by atoms with Gasteiger partial charge in [-0.3, -0.25) is 14.5 Å². The van der Waals surface area contributed by atoms with Crippen LogP contribution in [-0.4, -0.2) is 23.3 Å². The van der Waals surface area contributed by atoms with Crippen LogP contribution in [0.25, 0.3) is 0 Å². The van der Waals surface area contributed by atoms with E-state index in [1.807, 2.05) is 24.3 Å². The lowest BCUT2D eigenvalue weighted by Crippen LogP contribution is -2.54. The molecule has 1 aromatic rings. The first kappa shape index (κ1) is 17.2. The summed E-state index contributed by atoms with van der Waals surface area (Å²) in [5.74, 6) is 0.511. The molecule has 1 atom stereocenters. The fraction of sp³-hybridized carbons (Fsp3) is 0.619. The normalized spacial score (nSPS) is 25.0. The molecular formula is C21H29NO2. The second kappa shape index (κ2) is 7.08. The third-order valence-corrected chi connectivity index (χ3v) is 5.87. The van der Waals surface area contributed by atoms with Gasteiger partial charge in [0.15, 0.2) is 0 Å². The molecule has 1 fully saturated rings. The van der Waals surface area contributed by atoms with Crippen LogP contribution in [0.1, 0.15) is 81.1 Å². The summed E-state index contributed by atoms with van der Waals surface area (Å²) in [5.41, 5.74) is 1.12. The highest BCUT2D eigenvalue weighted by Gasteiger charge is 2.47. The summed E-state index contributed by atoms with van der Waals surface area (Å²) in [7, 11) is 0. The molecule has 0 radical (unpaired) electrons. The molecule has 1 unspecified atom stereocenters. The molecule has 0 spiro atoms. The summed E-state index contributed by atoms with van der Waals surface area (Å²) in [6.07, 6.45) is 9.03. The first-order valence-electron chi connectivity index (χ1n) is 9.53. The molecule has 1 aliphatic heterocycles. The van der Waals surface area contributed by atoms with E-state index in [0.29, 0.717) is 12.5 Å². The Kier molecular flexibility index (Phi) is 5.07. The van der Waals surface area contributed by atoms with Gasteiger partial charge in [-0.05, 0) is 37.3 Å². The third-order valence-electron chi connectivity index (χ3n) is 5.87. The highest BCUT2D eigenvalue weighted by molar-refractivity contribution is 6.13. The molecule has 1 aromatic carbocycles. The summed E-state index contributed by atoms with van der Waals surface area (Å²) in [5, 5.41) is 0. The van der Waals surface area contributed by atoms with Crippen molar-refractivity contribution in [3.05, 3.63) is 35.4 Å². The average Bonchev–Trinajstić information content (AvgIpc) is 2.61. The fourth-order valence-corrected chi connectivity index (χ4v) is 4.49. The molecule has 0 saturated heterocycles. The number of imide groups is 1. The zero-order chi connectivity index (χ0) is 17.2. The van der Waals surface area contributed by atoms with E-state index in [-0.39, 0.29) is 11.8 Å². The van der Waals surface area contributed by atoms with Crippen LogP contribution in [0.3, 0.4) is 0 Å². The fourth-order valence-electron chi connectivity index (χ4n) is 4.49. The Hall–Kier alpha value is -1.64. The maximum absolute atomic E-state index is 13.3. The monoisotopic (exact) mass is 327 g/mol. The molecule has 3 rings (SSSR count). The van der Waals surface area contributed by atoms with Gasteiger partial charge in [0.2, 0.25) is 5.91 Å². The van der Waals surface area contributed by atoms with Crippen LogP contribution in [0.5, 0.6) is 0 Å². The van der Waals surface area contributed by atoms with Crippen molar-refractivity contribution in [1.82, 2.24) is 4.90 Å². The van der Waals surface area contributed by atoms with Gasteiger partial charge in [0.25, 0.3) is 5.91 Å². The van der Waals surface area contributed by atoms with Crippen LogP contribution in [0.15, 0.2) is 24.3 Å². The van der Waals surface area contributed by atoms with Crippen molar-refractivity contribution in [3.8, 4) is 0 Å². The summed E-state index contributed by atoms with van der Waals surface area (Å²) in [4.78, 5) is 27.6. The van der Waals surface area contributed by atoms with E-state index >= 15 is 0 Å². The van der Waals surface area contributed by atoms with Crippen LogP contribution in [0, 0.1) is 5.92 Å². The number of benzene rings is 1. The Morgan fingerprint density at radius 3 is 2.54 bits per heavy atom. The molecule has 0 aromatic heterocycles. The minimum Gasteiger partial charge on any atom is -0.278 e. The number of hydrogen-bond acceptors (Lipinski definition) is 2. The smallest absolute Gasteiger partial charge is 0.260 e. The van der Waals surface area contributed by atoms with Gasteiger partial charge >= 0.3 is 0 Å². The number of carbonyl (C=O) groups excluding carboxylic acids is 2. The standard InChI is InChI=1S/C21H29NO2/c1-3-4-14-22-19(23)17-12-8-9-13-18(17)21(2,20(22)24)15-16-10-6-5-7-11-16/h8-9,12-13,16H,3-7,10-11,14-15H2,1-2H3. The van der Waals surface area contributed by atoms with Crippen molar-refractivity contribution in [2.45, 2.75) is 70.6 Å². The molecule has 130 valence electrons. The summed E-state index contributed by atoms with van der Waals surface area (Å²) in [6.45, 7) is 4.70. The zero-order valence-corrected chi connectivity index (χ0v) is 15.0. The van der Waals surface area contributed by atoms with Crippen LogP contribution in [0.2, 0.25) is 0 Å². The van der Waals surface area contributed by atoms with E-state index in [1.54, 1.807) is 0 Å². The number of rotatable bonds is 5. The summed E-state index contributed by atoms with van der Waals surface area (Å²) < 4.78 is 0. The van der Waals surface area contributed by atoms with Crippen molar-refractivity contribution >= 4 is 11.8 Å². The van der Waals surface area contributed by atoms with E-state index in [9.17, 15) is 9.59 Å². The van der Waals surface area contributed by atoms with Gasteiger partial charge in [-0.2, -0.15) is 0 Å². The van der Waals surface area contributed by atoms with Gasteiger partial charge in [-0.15, -0.1) is 0 Å². The SMILES string of the molecule is CCCCN1C(=O)c2ccccc2C(C)(CC2CCCCC2)C1=O. The molecule has 1 saturated carbocycles. The van der Waals surface area contributed by atoms with Crippen LogP contribution in [0.4, 0.5) is 0 Å². The predicted molar refractivity (Wildman–Crippen MR) is 95.9 cm³/mol. The topological polar surface area (TPSA) is 37.4 Å². The van der Waals surface area contributed by atoms with Gasteiger partial charge in [0.1, 0.15) is 0 Å². The molecule has 1 heterocycles. The van der Waals surface area contributed by atoms with Crippen molar-refractivity contribution in [2.75, 3.05) is 6.54 Å². The maximum Gasteiger partial charge on any atom is 0.260 e. The van der Waals surface area contributed by atoms with Gasteiger partial charge in [0.05, 0.1) is 5.41 Å². The Labute approximate surface area is 145 Å². The number of carbonyl (C=O) groups is 2. The zero-order valence-electron chi connectivity index (χ0n) is 15.0.